The van der Waals surface area contributed by atoms with Crippen molar-refractivity contribution in [1.82, 2.24) is 4.90 Å². The molecule has 2 rings (SSSR count). The van der Waals surface area contributed by atoms with Gasteiger partial charge in [0.1, 0.15) is 6.29 Å². The van der Waals surface area contributed by atoms with E-state index in [0.717, 1.165) is 12.7 Å². The molecular formula is C12H19NO3. The molecule has 0 aromatic rings. The van der Waals surface area contributed by atoms with E-state index in [4.69, 9.17) is 5.11 Å². The average Bonchev–Trinajstić information content (AvgIpc) is 2.74. The second kappa shape index (κ2) is 4.85. The Bertz CT molecular complexity index is 273. The summed E-state index contributed by atoms with van der Waals surface area (Å²) >= 11 is 0. The lowest BCUT2D eigenvalue weighted by atomic mass is 9.79. The molecule has 1 amide bonds. The molecule has 1 heterocycles. The molecule has 2 fully saturated rings. The second-order valence-electron chi connectivity index (χ2n) is 5.03. The molecule has 2 aliphatic rings. The number of carbonyl (C=O) groups is 2. The van der Waals surface area contributed by atoms with Crippen molar-refractivity contribution < 1.29 is 14.7 Å². The molecule has 0 radical (unpaired) electrons. The highest BCUT2D eigenvalue weighted by atomic mass is 16.4. The van der Waals surface area contributed by atoms with Gasteiger partial charge >= 0.3 is 6.09 Å². The van der Waals surface area contributed by atoms with E-state index in [1.54, 1.807) is 0 Å². The number of likely N-dealkylation sites (tertiary alicyclic amines) is 1. The molecule has 0 aromatic heterocycles. The fraction of sp³-hybridized carbons (Fsp3) is 0.833. The molecule has 1 aliphatic heterocycles. The second-order valence-corrected chi connectivity index (χ2v) is 5.03. The van der Waals surface area contributed by atoms with Crippen molar-refractivity contribution in [2.75, 3.05) is 6.54 Å². The highest BCUT2D eigenvalue weighted by molar-refractivity contribution is 5.72. The monoisotopic (exact) mass is 225 g/mol. The molecule has 2 atom stereocenters. The number of aldehydes is 1. The summed E-state index contributed by atoms with van der Waals surface area (Å²) in [5, 5.41) is 9.00. The van der Waals surface area contributed by atoms with Gasteiger partial charge in [-0.05, 0) is 18.3 Å². The fourth-order valence-corrected chi connectivity index (χ4v) is 3.20. The Balaban J connectivity index is 1.98. The first-order chi connectivity index (χ1) is 7.72. The Morgan fingerprint density at radius 1 is 1.19 bits per heavy atom. The Morgan fingerprint density at radius 3 is 2.38 bits per heavy atom. The van der Waals surface area contributed by atoms with Crippen LogP contribution in [0, 0.1) is 11.8 Å². The quantitative estimate of drug-likeness (QED) is 0.732. The van der Waals surface area contributed by atoms with E-state index in [0.29, 0.717) is 18.4 Å². The van der Waals surface area contributed by atoms with Crippen LogP contribution in [0.4, 0.5) is 4.79 Å². The average molecular weight is 225 g/mol. The number of rotatable bonds is 2. The smallest absolute Gasteiger partial charge is 0.407 e. The molecule has 1 aliphatic carbocycles. The lowest BCUT2D eigenvalue weighted by Gasteiger charge is -2.26. The first-order valence-corrected chi connectivity index (χ1v) is 6.17. The van der Waals surface area contributed by atoms with Crippen LogP contribution in [0.5, 0.6) is 0 Å². The van der Waals surface area contributed by atoms with Crippen LogP contribution < -0.4 is 0 Å². The summed E-state index contributed by atoms with van der Waals surface area (Å²) in [6, 6.07) is -0.399. The van der Waals surface area contributed by atoms with E-state index in [1.807, 2.05) is 0 Å². The number of nitrogens with zero attached hydrogens (tertiary/aromatic N) is 1. The Labute approximate surface area is 95.6 Å². The number of hydrogen-bond acceptors (Lipinski definition) is 2. The van der Waals surface area contributed by atoms with E-state index in [1.165, 1.54) is 37.0 Å². The molecule has 4 heteroatoms. The molecule has 90 valence electrons. The highest BCUT2D eigenvalue weighted by Crippen LogP contribution is 2.36. The summed E-state index contributed by atoms with van der Waals surface area (Å²) in [5.41, 5.74) is 0. The van der Waals surface area contributed by atoms with E-state index in [-0.39, 0.29) is 0 Å². The van der Waals surface area contributed by atoms with E-state index < -0.39 is 12.1 Å². The summed E-state index contributed by atoms with van der Waals surface area (Å²) in [6.45, 7) is 0.559. The van der Waals surface area contributed by atoms with Crippen molar-refractivity contribution in [3.05, 3.63) is 0 Å². The summed E-state index contributed by atoms with van der Waals surface area (Å²) in [5.74, 6) is 1.05. The predicted octanol–water partition coefficient (Wildman–Crippen LogP) is 2.13. The molecule has 1 saturated carbocycles. The van der Waals surface area contributed by atoms with Gasteiger partial charge in [-0.2, -0.15) is 0 Å². The minimum Gasteiger partial charge on any atom is -0.465 e. The maximum absolute atomic E-state index is 11.0. The van der Waals surface area contributed by atoms with E-state index in [2.05, 4.69) is 0 Å². The summed E-state index contributed by atoms with van der Waals surface area (Å²) in [4.78, 5) is 23.1. The van der Waals surface area contributed by atoms with Crippen LogP contribution in [0.3, 0.4) is 0 Å². The van der Waals surface area contributed by atoms with Gasteiger partial charge in [-0.3, -0.25) is 4.90 Å². The lowest BCUT2D eigenvalue weighted by Crippen LogP contribution is -2.35. The Morgan fingerprint density at radius 2 is 1.88 bits per heavy atom. The van der Waals surface area contributed by atoms with Gasteiger partial charge in [-0.1, -0.05) is 32.1 Å². The number of carbonyl (C=O) groups excluding carboxylic acids is 1. The minimum atomic E-state index is -0.949. The van der Waals surface area contributed by atoms with Gasteiger partial charge < -0.3 is 9.90 Å². The first kappa shape index (κ1) is 11.4. The van der Waals surface area contributed by atoms with Gasteiger partial charge in [0.15, 0.2) is 0 Å². The van der Waals surface area contributed by atoms with Gasteiger partial charge in [0, 0.05) is 6.54 Å². The van der Waals surface area contributed by atoms with Crippen LogP contribution in [0.25, 0.3) is 0 Å². The van der Waals surface area contributed by atoms with Crippen molar-refractivity contribution in [3.8, 4) is 0 Å². The molecule has 4 nitrogen and oxygen atoms in total. The molecule has 1 saturated heterocycles. The Hall–Kier alpha value is -1.06. The standard InChI is InChI=1S/C12H19NO3/c14-8-11-6-10(7-13(11)12(15)16)9-4-2-1-3-5-9/h8-11H,1-7H2,(H,15,16). The topological polar surface area (TPSA) is 57.6 Å². The summed E-state index contributed by atoms with van der Waals surface area (Å²) < 4.78 is 0. The third-order valence-electron chi connectivity index (χ3n) is 4.10. The highest BCUT2D eigenvalue weighted by Gasteiger charge is 2.38. The third-order valence-corrected chi connectivity index (χ3v) is 4.10. The summed E-state index contributed by atoms with van der Waals surface area (Å²) in [6.07, 6.45) is 6.84. The van der Waals surface area contributed by atoms with Crippen molar-refractivity contribution in [3.63, 3.8) is 0 Å². The van der Waals surface area contributed by atoms with Crippen LogP contribution in [0.15, 0.2) is 0 Å². The van der Waals surface area contributed by atoms with Crippen LogP contribution in [-0.4, -0.2) is 35.0 Å². The van der Waals surface area contributed by atoms with Gasteiger partial charge in [-0.15, -0.1) is 0 Å². The SMILES string of the molecule is O=CC1CC(C2CCCCC2)CN1C(=O)O. The number of carboxylic acid groups (broad SMARTS) is 1. The van der Waals surface area contributed by atoms with E-state index in [9.17, 15) is 9.59 Å². The van der Waals surface area contributed by atoms with Crippen molar-refractivity contribution >= 4 is 12.4 Å². The zero-order valence-electron chi connectivity index (χ0n) is 9.47. The van der Waals surface area contributed by atoms with Crippen molar-refractivity contribution in [1.29, 1.82) is 0 Å². The van der Waals surface area contributed by atoms with Crippen molar-refractivity contribution in [2.24, 2.45) is 11.8 Å². The summed E-state index contributed by atoms with van der Waals surface area (Å²) in [7, 11) is 0. The van der Waals surface area contributed by atoms with Crippen LogP contribution in [-0.2, 0) is 4.79 Å². The van der Waals surface area contributed by atoms with Crippen LogP contribution >= 0.6 is 0 Å². The van der Waals surface area contributed by atoms with Crippen LogP contribution in [0.1, 0.15) is 38.5 Å². The molecule has 0 spiro atoms. The fourth-order valence-electron chi connectivity index (χ4n) is 3.20. The zero-order valence-corrected chi connectivity index (χ0v) is 9.47. The van der Waals surface area contributed by atoms with Gasteiger partial charge in [0.25, 0.3) is 0 Å². The third kappa shape index (κ3) is 2.20. The van der Waals surface area contributed by atoms with Crippen LogP contribution in [0.2, 0.25) is 0 Å². The minimum absolute atomic E-state index is 0.399. The molecule has 16 heavy (non-hydrogen) atoms. The van der Waals surface area contributed by atoms with E-state index >= 15 is 0 Å². The number of amides is 1. The zero-order chi connectivity index (χ0) is 11.5. The normalized spacial score (nSPS) is 31.6. The predicted molar refractivity (Wildman–Crippen MR) is 59.3 cm³/mol. The maximum Gasteiger partial charge on any atom is 0.407 e. The Kier molecular flexibility index (Phi) is 3.46. The molecule has 0 bridgehead atoms. The molecular weight excluding hydrogens is 206 g/mol. The van der Waals surface area contributed by atoms with Gasteiger partial charge in [0.05, 0.1) is 6.04 Å². The largest absolute Gasteiger partial charge is 0.465 e. The van der Waals surface area contributed by atoms with Gasteiger partial charge in [-0.25, -0.2) is 4.79 Å². The molecule has 2 unspecified atom stereocenters. The first-order valence-electron chi connectivity index (χ1n) is 6.17. The maximum atomic E-state index is 11.0. The lowest BCUT2D eigenvalue weighted by molar-refractivity contribution is -0.111. The molecule has 0 aromatic carbocycles. The van der Waals surface area contributed by atoms with Crippen molar-refractivity contribution in [2.45, 2.75) is 44.6 Å². The molecule has 1 N–H and O–H groups in total. The number of hydrogen-bond donors (Lipinski definition) is 1. The van der Waals surface area contributed by atoms with Gasteiger partial charge in [0.2, 0.25) is 0 Å².